The largest absolute Gasteiger partial charge is 0.478 e. The Morgan fingerprint density at radius 3 is 2.73 bits per heavy atom. The minimum atomic E-state index is -0.954. The number of nitrogens with one attached hydrogen (secondary N) is 1. The zero-order valence-electron chi connectivity index (χ0n) is 8.40. The molecule has 0 heterocycles. The molecule has 2 N–H and O–H groups in total. The van der Waals surface area contributed by atoms with Crippen molar-refractivity contribution in [3.63, 3.8) is 0 Å². The third-order valence-electron chi connectivity index (χ3n) is 1.83. The van der Waals surface area contributed by atoms with Gasteiger partial charge in [0, 0.05) is 0 Å². The van der Waals surface area contributed by atoms with E-state index in [1.54, 1.807) is 12.1 Å². The lowest BCUT2D eigenvalue weighted by Crippen LogP contribution is -2.09. The van der Waals surface area contributed by atoms with Gasteiger partial charge in [-0.15, -0.1) is 11.8 Å². The van der Waals surface area contributed by atoms with Gasteiger partial charge >= 0.3 is 5.97 Å². The summed E-state index contributed by atoms with van der Waals surface area (Å²) in [6.45, 7) is 1.85. The van der Waals surface area contributed by atoms with Gasteiger partial charge in [-0.2, -0.15) is 0 Å². The van der Waals surface area contributed by atoms with Crippen molar-refractivity contribution in [3.8, 4) is 0 Å². The highest BCUT2D eigenvalue weighted by atomic mass is 32.2. The first-order valence-corrected chi connectivity index (χ1v) is 5.87. The van der Waals surface area contributed by atoms with Gasteiger partial charge in [0.1, 0.15) is 4.32 Å². The maximum Gasteiger partial charge on any atom is 0.337 e. The van der Waals surface area contributed by atoms with E-state index in [-0.39, 0.29) is 5.56 Å². The molecule has 1 rings (SSSR count). The first kappa shape index (κ1) is 12.0. The maximum atomic E-state index is 11.0. The van der Waals surface area contributed by atoms with Crippen LogP contribution in [0.2, 0.25) is 0 Å². The summed E-state index contributed by atoms with van der Waals surface area (Å²) in [5.74, 6) is -0.954. The molecule has 15 heavy (non-hydrogen) atoms. The van der Waals surface area contributed by atoms with Gasteiger partial charge in [-0.3, -0.25) is 0 Å². The zero-order chi connectivity index (χ0) is 11.4. The molecule has 3 nitrogen and oxygen atoms in total. The fourth-order valence-electron chi connectivity index (χ4n) is 1.11. The van der Waals surface area contributed by atoms with Crippen molar-refractivity contribution in [1.29, 1.82) is 0 Å². The summed E-state index contributed by atoms with van der Waals surface area (Å²) in [7, 11) is 0. The van der Waals surface area contributed by atoms with Crippen LogP contribution in [0.1, 0.15) is 15.9 Å². The quantitative estimate of drug-likeness (QED) is 0.780. The number of aromatic carboxylic acids is 1. The summed E-state index contributed by atoms with van der Waals surface area (Å²) in [6, 6.07) is 5.19. The van der Waals surface area contributed by atoms with Crippen LogP contribution in [0.5, 0.6) is 0 Å². The van der Waals surface area contributed by atoms with E-state index in [1.165, 1.54) is 11.8 Å². The van der Waals surface area contributed by atoms with Crippen LogP contribution < -0.4 is 5.32 Å². The lowest BCUT2D eigenvalue weighted by atomic mass is 10.1. The van der Waals surface area contributed by atoms with Crippen LogP contribution in [0, 0.1) is 6.92 Å². The van der Waals surface area contributed by atoms with E-state index in [4.69, 9.17) is 17.3 Å². The second-order valence-electron chi connectivity index (χ2n) is 2.97. The van der Waals surface area contributed by atoms with Gasteiger partial charge in [-0.25, -0.2) is 4.79 Å². The highest BCUT2D eigenvalue weighted by molar-refractivity contribution is 8.22. The Balaban J connectivity index is 3.06. The molecule has 0 saturated carbocycles. The number of aryl methyl sites for hydroxylation is 1. The Hall–Kier alpha value is -1.07. The number of anilines is 1. The molecular weight excluding hydrogens is 230 g/mol. The summed E-state index contributed by atoms with van der Waals surface area (Å²) < 4.78 is 0.557. The van der Waals surface area contributed by atoms with E-state index in [0.29, 0.717) is 10.0 Å². The van der Waals surface area contributed by atoms with Crippen LogP contribution in [-0.2, 0) is 0 Å². The molecule has 0 aliphatic heterocycles. The molecule has 0 spiro atoms. The molecule has 0 unspecified atom stereocenters. The van der Waals surface area contributed by atoms with Crippen LogP contribution in [0.15, 0.2) is 18.2 Å². The van der Waals surface area contributed by atoms with Gasteiger partial charge in [0.05, 0.1) is 11.3 Å². The maximum absolute atomic E-state index is 11.0. The van der Waals surface area contributed by atoms with Crippen LogP contribution in [0.25, 0.3) is 0 Å². The Labute approximate surface area is 97.9 Å². The molecule has 0 bridgehead atoms. The molecule has 0 fully saturated rings. The first-order valence-electron chi connectivity index (χ1n) is 4.23. The van der Waals surface area contributed by atoms with Crippen molar-refractivity contribution in [1.82, 2.24) is 0 Å². The van der Waals surface area contributed by atoms with Crippen molar-refractivity contribution in [3.05, 3.63) is 29.3 Å². The van der Waals surface area contributed by atoms with Crippen molar-refractivity contribution in [2.75, 3.05) is 11.6 Å². The third kappa shape index (κ3) is 3.21. The lowest BCUT2D eigenvalue weighted by Gasteiger charge is -2.09. The number of carboxylic acid groups (broad SMARTS) is 1. The van der Waals surface area contributed by atoms with Gasteiger partial charge in [0.15, 0.2) is 0 Å². The number of benzene rings is 1. The van der Waals surface area contributed by atoms with Gasteiger partial charge in [-0.1, -0.05) is 23.8 Å². The molecular formula is C10H11NO2S2. The predicted octanol–water partition coefficient (Wildman–Crippen LogP) is 2.75. The number of thiocarbonyl (C=S) groups is 1. The standard InChI is InChI=1S/C10H11NO2S2/c1-6-3-4-8(11-10(14)15-2)7(5-6)9(12)13/h3-5H,1-2H3,(H,11,14)(H,12,13). The van der Waals surface area contributed by atoms with Gasteiger partial charge in [0.25, 0.3) is 0 Å². The molecule has 0 aliphatic rings. The number of rotatable bonds is 2. The fourth-order valence-corrected chi connectivity index (χ4v) is 1.43. The van der Waals surface area contributed by atoms with E-state index in [9.17, 15) is 4.79 Å². The topological polar surface area (TPSA) is 49.3 Å². The van der Waals surface area contributed by atoms with Gasteiger partial charge in [-0.05, 0) is 25.3 Å². The van der Waals surface area contributed by atoms with Crippen molar-refractivity contribution in [2.45, 2.75) is 6.92 Å². The van der Waals surface area contributed by atoms with E-state index in [0.717, 1.165) is 5.56 Å². The second kappa shape index (κ2) is 5.14. The Kier molecular flexibility index (Phi) is 4.11. The average molecular weight is 241 g/mol. The Morgan fingerprint density at radius 2 is 2.20 bits per heavy atom. The Bertz CT molecular complexity index is 404. The van der Waals surface area contributed by atoms with Crippen molar-refractivity contribution >= 4 is 40.0 Å². The number of hydrogen-bond donors (Lipinski definition) is 2. The minimum Gasteiger partial charge on any atom is -0.478 e. The first-order chi connectivity index (χ1) is 7.04. The number of thioether (sulfide) groups is 1. The summed E-state index contributed by atoms with van der Waals surface area (Å²) in [6.07, 6.45) is 1.84. The van der Waals surface area contributed by atoms with Gasteiger partial charge in [0.2, 0.25) is 0 Å². The van der Waals surface area contributed by atoms with Crippen LogP contribution in [0.4, 0.5) is 5.69 Å². The normalized spacial score (nSPS) is 9.73. The molecule has 1 aromatic carbocycles. The lowest BCUT2D eigenvalue weighted by molar-refractivity contribution is 0.0698. The fraction of sp³-hybridized carbons (Fsp3) is 0.200. The van der Waals surface area contributed by atoms with E-state index >= 15 is 0 Å². The molecule has 80 valence electrons. The molecule has 5 heteroatoms. The van der Waals surface area contributed by atoms with Crippen molar-refractivity contribution < 1.29 is 9.90 Å². The summed E-state index contributed by atoms with van der Waals surface area (Å²) in [5, 5.41) is 11.9. The molecule has 0 aromatic heterocycles. The van der Waals surface area contributed by atoms with Crippen LogP contribution >= 0.6 is 24.0 Å². The summed E-state index contributed by atoms with van der Waals surface area (Å²) in [4.78, 5) is 11.0. The number of hydrogen-bond acceptors (Lipinski definition) is 3. The summed E-state index contributed by atoms with van der Waals surface area (Å²) >= 11 is 6.35. The molecule has 0 atom stereocenters. The van der Waals surface area contributed by atoms with E-state index in [2.05, 4.69) is 5.32 Å². The number of carbonyl (C=O) groups is 1. The molecule has 0 aliphatic carbocycles. The SMILES string of the molecule is CSC(=S)Nc1ccc(C)cc1C(=O)O. The van der Waals surface area contributed by atoms with Crippen molar-refractivity contribution in [2.24, 2.45) is 0 Å². The predicted molar refractivity (Wildman–Crippen MR) is 67.9 cm³/mol. The Morgan fingerprint density at radius 1 is 1.53 bits per heavy atom. The van der Waals surface area contributed by atoms with Crippen LogP contribution in [0.3, 0.4) is 0 Å². The van der Waals surface area contributed by atoms with E-state index in [1.807, 2.05) is 19.2 Å². The summed E-state index contributed by atoms with van der Waals surface area (Å²) in [5.41, 5.74) is 1.69. The minimum absolute atomic E-state index is 0.242. The molecule has 1 aromatic rings. The average Bonchev–Trinajstić information content (AvgIpc) is 2.20. The number of carboxylic acids is 1. The molecule has 0 saturated heterocycles. The smallest absolute Gasteiger partial charge is 0.337 e. The highest BCUT2D eigenvalue weighted by Crippen LogP contribution is 2.18. The highest BCUT2D eigenvalue weighted by Gasteiger charge is 2.10. The molecule has 0 amide bonds. The van der Waals surface area contributed by atoms with Crippen LogP contribution in [-0.4, -0.2) is 21.7 Å². The third-order valence-corrected chi connectivity index (χ3v) is 2.90. The zero-order valence-corrected chi connectivity index (χ0v) is 10.0. The molecule has 0 radical (unpaired) electrons. The van der Waals surface area contributed by atoms with Gasteiger partial charge < -0.3 is 10.4 Å². The monoisotopic (exact) mass is 241 g/mol. The van der Waals surface area contributed by atoms with E-state index < -0.39 is 5.97 Å². The second-order valence-corrected chi connectivity index (χ2v) is 4.45.